The lowest BCUT2D eigenvalue weighted by atomic mass is 9.86. The fourth-order valence-electron chi connectivity index (χ4n) is 2.96. The Morgan fingerprint density at radius 2 is 1.85 bits per heavy atom. The number of carbonyl (C=O) groups is 3. The standard InChI is InChI=1S/C20H26N2O5/c1-14-5-3-4-6-17(14)21-20(25)22-18(23)13-27-19(24)12-9-15-7-10-16(26-2)11-8-15/h7-12,14,17H,3-6,13H2,1-2H3,(H2,21,22,23,25)/b12-9+/t14-,17+/m1/s1. The van der Waals surface area contributed by atoms with Crippen molar-refractivity contribution in [3.63, 3.8) is 0 Å². The molecule has 2 rings (SSSR count). The number of imide groups is 1. The van der Waals surface area contributed by atoms with Crippen LogP contribution in [-0.2, 0) is 14.3 Å². The van der Waals surface area contributed by atoms with Crippen LogP contribution < -0.4 is 15.4 Å². The summed E-state index contributed by atoms with van der Waals surface area (Å²) in [5, 5.41) is 4.99. The number of hydrogen-bond donors (Lipinski definition) is 2. The van der Waals surface area contributed by atoms with Crippen molar-refractivity contribution in [2.75, 3.05) is 13.7 Å². The zero-order chi connectivity index (χ0) is 19.6. The highest BCUT2D eigenvalue weighted by Crippen LogP contribution is 2.23. The van der Waals surface area contributed by atoms with Crippen LogP contribution in [-0.4, -0.2) is 37.7 Å². The predicted molar refractivity (Wildman–Crippen MR) is 101 cm³/mol. The molecule has 3 amide bonds. The molecule has 0 aromatic heterocycles. The number of rotatable bonds is 6. The van der Waals surface area contributed by atoms with E-state index in [4.69, 9.17) is 9.47 Å². The highest BCUT2D eigenvalue weighted by atomic mass is 16.5. The van der Waals surface area contributed by atoms with E-state index in [0.29, 0.717) is 11.7 Å². The maximum absolute atomic E-state index is 11.9. The summed E-state index contributed by atoms with van der Waals surface area (Å²) in [6.45, 7) is 1.57. The van der Waals surface area contributed by atoms with Gasteiger partial charge in [0.25, 0.3) is 5.91 Å². The van der Waals surface area contributed by atoms with E-state index in [1.54, 1.807) is 37.5 Å². The molecule has 7 nitrogen and oxygen atoms in total. The lowest BCUT2D eigenvalue weighted by molar-refractivity contribution is -0.143. The summed E-state index contributed by atoms with van der Waals surface area (Å²) in [4.78, 5) is 35.3. The van der Waals surface area contributed by atoms with E-state index in [-0.39, 0.29) is 6.04 Å². The largest absolute Gasteiger partial charge is 0.497 e. The Labute approximate surface area is 159 Å². The van der Waals surface area contributed by atoms with Gasteiger partial charge in [0.2, 0.25) is 0 Å². The zero-order valence-corrected chi connectivity index (χ0v) is 15.7. The van der Waals surface area contributed by atoms with Crippen LogP contribution in [0.1, 0.15) is 38.2 Å². The smallest absolute Gasteiger partial charge is 0.331 e. The van der Waals surface area contributed by atoms with E-state index in [9.17, 15) is 14.4 Å². The summed E-state index contributed by atoms with van der Waals surface area (Å²) < 4.78 is 9.89. The second-order valence-electron chi connectivity index (χ2n) is 6.60. The number of methoxy groups -OCH3 is 1. The minimum absolute atomic E-state index is 0.0709. The molecule has 0 spiro atoms. The molecular formula is C20H26N2O5. The highest BCUT2D eigenvalue weighted by Gasteiger charge is 2.23. The summed E-state index contributed by atoms with van der Waals surface area (Å²) >= 11 is 0. The van der Waals surface area contributed by atoms with Gasteiger partial charge in [-0.1, -0.05) is 31.9 Å². The Morgan fingerprint density at radius 3 is 2.52 bits per heavy atom. The second-order valence-corrected chi connectivity index (χ2v) is 6.60. The molecule has 7 heteroatoms. The summed E-state index contributed by atoms with van der Waals surface area (Å²) in [5.74, 6) is -0.225. The van der Waals surface area contributed by atoms with Crippen molar-refractivity contribution in [2.24, 2.45) is 5.92 Å². The molecule has 146 valence electrons. The van der Waals surface area contributed by atoms with Gasteiger partial charge >= 0.3 is 12.0 Å². The van der Waals surface area contributed by atoms with Gasteiger partial charge in [0.05, 0.1) is 7.11 Å². The minimum atomic E-state index is -0.665. The van der Waals surface area contributed by atoms with Crippen molar-refractivity contribution in [3.8, 4) is 5.75 Å². The first-order valence-electron chi connectivity index (χ1n) is 9.07. The predicted octanol–water partition coefficient (Wildman–Crippen LogP) is 2.66. The van der Waals surface area contributed by atoms with E-state index < -0.39 is 24.5 Å². The van der Waals surface area contributed by atoms with Gasteiger partial charge in [-0.3, -0.25) is 10.1 Å². The molecule has 1 fully saturated rings. The van der Waals surface area contributed by atoms with Crippen molar-refractivity contribution < 1.29 is 23.9 Å². The summed E-state index contributed by atoms with van der Waals surface area (Å²) in [6.07, 6.45) is 7.00. The second kappa shape index (κ2) is 10.4. The molecule has 1 aromatic carbocycles. The quantitative estimate of drug-likeness (QED) is 0.590. The van der Waals surface area contributed by atoms with Gasteiger partial charge in [0.15, 0.2) is 6.61 Å². The number of esters is 1. The molecule has 0 bridgehead atoms. The maximum Gasteiger partial charge on any atom is 0.331 e. The number of nitrogens with one attached hydrogen (secondary N) is 2. The molecule has 1 aromatic rings. The van der Waals surface area contributed by atoms with Gasteiger partial charge < -0.3 is 14.8 Å². The van der Waals surface area contributed by atoms with Crippen molar-refractivity contribution in [1.29, 1.82) is 0 Å². The van der Waals surface area contributed by atoms with Crippen LogP contribution in [0, 0.1) is 5.92 Å². The number of carbonyl (C=O) groups excluding carboxylic acids is 3. The Morgan fingerprint density at radius 1 is 1.15 bits per heavy atom. The zero-order valence-electron chi connectivity index (χ0n) is 15.7. The van der Waals surface area contributed by atoms with E-state index in [2.05, 4.69) is 17.6 Å². The molecule has 1 aliphatic rings. The molecule has 27 heavy (non-hydrogen) atoms. The van der Waals surface area contributed by atoms with Crippen LogP contribution >= 0.6 is 0 Å². The normalized spacial score (nSPS) is 19.3. The molecule has 0 unspecified atom stereocenters. The number of urea groups is 1. The lowest BCUT2D eigenvalue weighted by Crippen LogP contribution is -2.48. The minimum Gasteiger partial charge on any atom is -0.497 e. The van der Waals surface area contributed by atoms with E-state index in [1.807, 2.05) is 0 Å². The summed E-state index contributed by atoms with van der Waals surface area (Å²) in [6, 6.07) is 6.62. The monoisotopic (exact) mass is 374 g/mol. The Kier molecular flexibility index (Phi) is 7.85. The fourth-order valence-corrected chi connectivity index (χ4v) is 2.96. The number of hydrogen-bond acceptors (Lipinski definition) is 5. The van der Waals surface area contributed by atoms with Crippen LogP contribution in [0.25, 0.3) is 6.08 Å². The first-order valence-corrected chi connectivity index (χ1v) is 9.07. The van der Waals surface area contributed by atoms with Gasteiger partial charge in [-0.2, -0.15) is 0 Å². The first kappa shape index (κ1) is 20.5. The SMILES string of the molecule is COc1ccc(/C=C/C(=O)OCC(=O)NC(=O)N[C@H]2CCCC[C@H]2C)cc1. The third kappa shape index (κ3) is 7.13. The Balaban J connectivity index is 1.69. The average molecular weight is 374 g/mol. The van der Waals surface area contributed by atoms with Gasteiger partial charge in [-0.05, 0) is 42.5 Å². The maximum atomic E-state index is 11.9. The molecule has 1 saturated carbocycles. The molecule has 0 aliphatic heterocycles. The Bertz CT molecular complexity index is 684. The van der Waals surface area contributed by atoms with E-state index >= 15 is 0 Å². The van der Waals surface area contributed by atoms with Gasteiger partial charge in [-0.15, -0.1) is 0 Å². The fraction of sp³-hybridized carbons (Fsp3) is 0.450. The van der Waals surface area contributed by atoms with Gasteiger partial charge in [-0.25, -0.2) is 9.59 Å². The number of amides is 3. The van der Waals surface area contributed by atoms with Crippen LogP contribution in [0.4, 0.5) is 4.79 Å². The number of ether oxygens (including phenoxy) is 2. The highest BCUT2D eigenvalue weighted by molar-refractivity contribution is 5.96. The van der Waals surface area contributed by atoms with Crippen molar-refractivity contribution in [1.82, 2.24) is 10.6 Å². The first-order chi connectivity index (χ1) is 13.0. The van der Waals surface area contributed by atoms with Crippen LogP contribution in [0.5, 0.6) is 5.75 Å². The summed E-state index contributed by atoms with van der Waals surface area (Å²) in [7, 11) is 1.57. The van der Waals surface area contributed by atoms with Crippen LogP contribution in [0.15, 0.2) is 30.3 Å². The van der Waals surface area contributed by atoms with Crippen molar-refractivity contribution in [2.45, 2.75) is 38.6 Å². The molecular weight excluding hydrogens is 348 g/mol. The molecule has 2 N–H and O–H groups in total. The summed E-state index contributed by atoms with van der Waals surface area (Å²) in [5.41, 5.74) is 0.790. The molecule has 1 aliphatic carbocycles. The number of benzene rings is 1. The Hall–Kier alpha value is -2.83. The van der Waals surface area contributed by atoms with Crippen molar-refractivity contribution >= 4 is 24.0 Å². The topological polar surface area (TPSA) is 93.7 Å². The average Bonchev–Trinajstić information content (AvgIpc) is 2.67. The third-order valence-corrected chi connectivity index (χ3v) is 4.55. The van der Waals surface area contributed by atoms with Crippen LogP contribution in [0.3, 0.4) is 0 Å². The molecule has 0 saturated heterocycles. The third-order valence-electron chi connectivity index (χ3n) is 4.55. The van der Waals surface area contributed by atoms with Gasteiger partial charge in [0, 0.05) is 12.1 Å². The van der Waals surface area contributed by atoms with Gasteiger partial charge in [0.1, 0.15) is 5.75 Å². The van der Waals surface area contributed by atoms with Crippen LogP contribution in [0.2, 0.25) is 0 Å². The molecule has 0 radical (unpaired) electrons. The van der Waals surface area contributed by atoms with E-state index in [1.165, 1.54) is 12.5 Å². The lowest BCUT2D eigenvalue weighted by Gasteiger charge is -2.29. The molecule has 2 atom stereocenters. The molecule has 0 heterocycles. The van der Waals surface area contributed by atoms with Crippen molar-refractivity contribution in [3.05, 3.63) is 35.9 Å². The van der Waals surface area contributed by atoms with E-state index in [0.717, 1.165) is 24.8 Å².